The molecule has 0 bridgehead atoms. The Balaban J connectivity index is 1.81. The van der Waals surface area contributed by atoms with E-state index < -0.39 is 18.0 Å². The molecule has 0 saturated heterocycles. The second kappa shape index (κ2) is 13.6. The first-order chi connectivity index (χ1) is 17.1. The van der Waals surface area contributed by atoms with Crippen LogP contribution in [-0.4, -0.2) is 31.7 Å². The number of benzene rings is 3. The second-order valence-electron chi connectivity index (χ2n) is 7.91. The topological polar surface area (TPSA) is 73.9 Å². The van der Waals surface area contributed by atoms with Crippen LogP contribution in [0.1, 0.15) is 18.1 Å². The summed E-state index contributed by atoms with van der Waals surface area (Å²) in [5.41, 5.74) is 2.67. The molecule has 3 aromatic carbocycles. The summed E-state index contributed by atoms with van der Waals surface area (Å²) >= 11 is 0. The van der Waals surface area contributed by atoms with Crippen molar-refractivity contribution in [3.8, 4) is 5.75 Å². The fourth-order valence-electron chi connectivity index (χ4n) is 3.60. The summed E-state index contributed by atoms with van der Waals surface area (Å²) in [7, 11) is 1.60. The highest BCUT2D eigenvalue weighted by Gasteiger charge is 2.28. The molecule has 0 radical (unpaired) electrons. The Labute approximate surface area is 206 Å². The number of anilines is 1. The number of methoxy groups -OCH3 is 1. The molecule has 182 valence electrons. The van der Waals surface area contributed by atoms with Crippen molar-refractivity contribution < 1.29 is 23.8 Å². The second-order valence-corrected chi connectivity index (χ2v) is 7.91. The smallest absolute Gasteiger partial charge is 0.330 e. The van der Waals surface area contributed by atoms with Gasteiger partial charge < -0.3 is 19.5 Å². The van der Waals surface area contributed by atoms with Gasteiger partial charge in [-0.15, -0.1) is 0 Å². The van der Waals surface area contributed by atoms with Gasteiger partial charge in [-0.1, -0.05) is 66.7 Å². The van der Waals surface area contributed by atoms with Gasteiger partial charge in [0.1, 0.15) is 18.4 Å². The highest BCUT2D eigenvalue weighted by Crippen LogP contribution is 2.22. The number of hydrogen-bond donors (Lipinski definition) is 1. The molecule has 0 saturated carbocycles. The fraction of sp³-hybridized carbons (Fsp3) is 0.241. The molecule has 3 rings (SSSR count). The van der Waals surface area contributed by atoms with Crippen LogP contribution in [0.15, 0.2) is 97.1 Å². The minimum absolute atomic E-state index is 0.179. The lowest BCUT2D eigenvalue weighted by molar-refractivity contribution is -0.145. The van der Waals surface area contributed by atoms with Crippen molar-refractivity contribution in [1.29, 1.82) is 0 Å². The molecule has 2 atom stereocenters. The van der Waals surface area contributed by atoms with Crippen molar-refractivity contribution in [2.75, 3.05) is 19.0 Å². The number of carbonyl (C=O) groups excluding carboxylic acids is 2. The summed E-state index contributed by atoms with van der Waals surface area (Å²) in [6.45, 7) is 2.20. The normalized spacial score (nSPS) is 12.5. The number of carbonyl (C=O) groups is 2. The van der Waals surface area contributed by atoms with Crippen molar-refractivity contribution >= 4 is 17.6 Å². The van der Waals surface area contributed by atoms with Crippen molar-refractivity contribution in [2.45, 2.75) is 26.0 Å². The maximum absolute atomic E-state index is 13.0. The van der Waals surface area contributed by atoms with Crippen molar-refractivity contribution in [1.82, 2.24) is 0 Å². The van der Waals surface area contributed by atoms with E-state index in [0.29, 0.717) is 12.2 Å². The molecule has 0 aliphatic heterocycles. The number of hydrogen-bond acceptors (Lipinski definition) is 6. The maximum atomic E-state index is 13.0. The SMILES string of the molecule is CCOC(=O)[C@@H](Nc1ccc(OC)cc1)[C@@H](/C=C/C(=O)OCc1ccccc1)Cc1ccccc1. The Hall–Kier alpha value is -4.06. The number of nitrogens with one attached hydrogen (secondary N) is 1. The molecule has 1 N–H and O–H groups in total. The molecule has 6 heteroatoms. The lowest BCUT2D eigenvalue weighted by Gasteiger charge is -2.25. The van der Waals surface area contributed by atoms with Crippen LogP contribution < -0.4 is 10.1 Å². The van der Waals surface area contributed by atoms with Crippen LogP contribution in [0.3, 0.4) is 0 Å². The molecule has 0 heterocycles. The van der Waals surface area contributed by atoms with Gasteiger partial charge in [-0.25, -0.2) is 9.59 Å². The Kier molecular flexibility index (Phi) is 9.93. The fourth-order valence-corrected chi connectivity index (χ4v) is 3.60. The Morgan fingerprint density at radius 3 is 2.09 bits per heavy atom. The molecule has 0 unspecified atom stereocenters. The summed E-state index contributed by atoms with van der Waals surface area (Å²) in [5, 5.41) is 3.28. The summed E-state index contributed by atoms with van der Waals surface area (Å²) < 4.78 is 16.0. The Morgan fingerprint density at radius 1 is 0.857 bits per heavy atom. The lowest BCUT2D eigenvalue weighted by atomic mass is 9.91. The van der Waals surface area contributed by atoms with E-state index in [0.717, 1.165) is 16.8 Å². The molecule has 0 fully saturated rings. The zero-order valence-electron chi connectivity index (χ0n) is 20.1. The van der Waals surface area contributed by atoms with E-state index in [4.69, 9.17) is 14.2 Å². The average molecular weight is 474 g/mol. The summed E-state index contributed by atoms with van der Waals surface area (Å²) in [5.74, 6) is -0.529. The molecule has 35 heavy (non-hydrogen) atoms. The van der Waals surface area contributed by atoms with Crippen LogP contribution in [0.2, 0.25) is 0 Å². The predicted molar refractivity (Wildman–Crippen MR) is 136 cm³/mol. The van der Waals surface area contributed by atoms with Crippen molar-refractivity contribution in [3.05, 3.63) is 108 Å². The summed E-state index contributed by atoms with van der Waals surface area (Å²) in [6.07, 6.45) is 3.63. The number of ether oxygens (including phenoxy) is 3. The zero-order chi connectivity index (χ0) is 24.9. The van der Waals surface area contributed by atoms with Gasteiger partial charge in [0.2, 0.25) is 0 Å². The third-order valence-corrected chi connectivity index (χ3v) is 5.40. The van der Waals surface area contributed by atoms with Gasteiger partial charge in [-0.05, 0) is 48.7 Å². The first-order valence-corrected chi connectivity index (χ1v) is 11.6. The Bertz CT molecular complexity index is 1080. The zero-order valence-corrected chi connectivity index (χ0v) is 20.1. The van der Waals surface area contributed by atoms with Gasteiger partial charge >= 0.3 is 11.9 Å². The standard InChI is InChI=1S/C29H31NO5/c1-3-34-29(32)28(30-25-15-17-26(33-2)18-16-25)24(20-22-10-6-4-7-11-22)14-19-27(31)35-21-23-12-8-5-9-13-23/h4-19,24,28,30H,3,20-21H2,1-2H3/b19-14+/t24-,28-/m0/s1. The Morgan fingerprint density at radius 2 is 1.49 bits per heavy atom. The van der Waals surface area contributed by atoms with Crippen LogP contribution >= 0.6 is 0 Å². The van der Waals surface area contributed by atoms with Crippen LogP contribution in [0.4, 0.5) is 5.69 Å². The van der Waals surface area contributed by atoms with E-state index in [1.54, 1.807) is 20.1 Å². The molecule has 0 aliphatic carbocycles. The van der Waals surface area contributed by atoms with Gasteiger partial charge in [0.25, 0.3) is 0 Å². The van der Waals surface area contributed by atoms with E-state index in [1.165, 1.54) is 6.08 Å². The van der Waals surface area contributed by atoms with E-state index in [2.05, 4.69) is 5.32 Å². The van der Waals surface area contributed by atoms with E-state index in [1.807, 2.05) is 84.9 Å². The first kappa shape index (κ1) is 25.6. The van der Waals surface area contributed by atoms with Gasteiger partial charge in [-0.2, -0.15) is 0 Å². The predicted octanol–water partition coefficient (Wildman–Crippen LogP) is 5.20. The molecule has 6 nitrogen and oxygen atoms in total. The van der Waals surface area contributed by atoms with Crippen LogP contribution in [0.25, 0.3) is 0 Å². The van der Waals surface area contributed by atoms with Crippen LogP contribution in [0, 0.1) is 5.92 Å². The third kappa shape index (κ3) is 8.34. The molecule has 0 aliphatic rings. The largest absolute Gasteiger partial charge is 0.497 e. The number of rotatable bonds is 12. The lowest BCUT2D eigenvalue weighted by Crippen LogP contribution is -2.39. The quantitative estimate of drug-likeness (QED) is 0.288. The summed E-state index contributed by atoms with van der Waals surface area (Å²) in [4.78, 5) is 25.5. The first-order valence-electron chi connectivity index (χ1n) is 11.6. The van der Waals surface area contributed by atoms with Crippen LogP contribution in [-0.2, 0) is 32.1 Å². The minimum atomic E-state index is -0.721. The third-order valence-electron chi connectivity index (χ3n) is 5.40. The average Bonchev–Trinajstić information content (AvgIpc) is 2.90. The molecule has 3 aromatic rings. The molecular formula is C29H31NO5. The van der Waals surface area contributed by atoms with Crippen molar-refractivity contribution in [2.24, 2.45) is 5.92 Å². The van der Waals surface area contributed by atoms with Gasteiger partial charge in [0.15, 0.2) is 0 Å². The molecule has 0 spiro atoms. The molecular weight excluding hydrogens is 442 g/mol. The maximum Gasteiger partial charge on any atom is 0.330 e. The monoisotopic (exact) mass is 473 g/mol. The van der Waals surface area contributed by atoms with Gasteiger partial charge in [-0.3, -0.25) is 0 Å². The van der Waals surface area contributed by atoms with E-state index in [9.17, 15) is 9.59 Å². The van der Waals surface area contributed by atoms with E-state index >= 15 is 0 Å². The van der Waals surface area contributed by atoms with Gasteiger partial charge in [0.05, 0.1) is 13.7 Å². The van der Waals surface area contributed by atoms with Gasteiger partial charge in [0, 0.05) is 17.7 Å². The highest BCUT2D eigenvalue weighted by atomic mass is 16.5. The highest BCUT2D eigenvalue weighted by molar-refractivity contribution is 5.83. The summed E-state index contributed by atoms with van der Waals surface area (Å²) in [6, 6.07) is 25.9. The number of esters is 2. The van der Waals surface area contributed by atoms with E-state index in [-0.39, 0.29) is 19.1 Å². The molecule has 0 amide bonds. The molecule has 0 aromatic heterocycles. The minimum Gasteiger partial charge on any atom is -0.497 e. The van der Waals surface area contributed by atoms with Crippen molar-refractivity contribution in [3.63, 3.8) is 0 Å². The van der Waals surface area contributed by atoms with Crippen LogP contribution in [0.5, 0.6) is 5.75 Å².